The van der Waals surface area contributed by atoms with Gasteiger partial charge < -0.3 is 5.11 Å². The third-order valence-corrected chi connectivity index (χ3v) is 2.98. The van der Waals surface area contributed by atoms with Crippen LogP contribution in [0.25, 0.3) is 0 Å². The maximum absolute atomic E-state index is 9.67. The molecule has 2 rings (SSSR count). The largest absolute Gasteiger partial charge is 0.507 e. The van der Waals surface area contributed by atoms with Crippen LogP contribution < -0.4 is 0 Å². The molecule has 100 valence electrons. The number of H-pyrrole nitrogens is 1. The van der Waals surface area contributed by atoms with Crippen LogP contribution in [0.2, 0.25) is 0 Å². The predicted molar refractivity (Wildman–Crippen MR) is 77.1 cm³/mol. The molecule has 0 saturated carbocycles. The summed E-state index contributed by atoms with van der Waals surface area (Å²) in [5, 5.41) is 20.8. The molecule has 0 saturated heterocycles. The number of hydrogen-bond acceptors (Lipinski definition) is 4. The highest BCUT2D eigenvalue weighted by Gasteiger charge is 2.04. The molecule has 2 N–H and O–H groups in total. The van der Waals surface area contributed by atoms with Gasteiger partial charge in [-0.15, -0.1) is 0 Å². The van der Waals surface area contributed by atoms with Gasteiger partial charge in [0.05, 0.1) is 6.21 Å². The van der Waals surface area contributed by atoms with Gasteiger partial charge >= 0.3 is 0 Å². The summed E-state index contributed by atoms with van der Waals surface area (Å²) < 4.78 is 2.05. The van der Waals surface area contributed by atoms with Crippen LogP contribution in [0.4, 0.5) is 0 Å². The van der Waals surface area contributed by atoms with Crippen molar-refractivity contribution in [3.05, 3.63) is 40.4 Å². The van der Waals surface area contributed by atoms with Gasteiger partial charge in [-0.2, -0.15) is 14.9 Å². The highest BCUT2D eigenvalue weighted by molar-refractivity contribution is 7.71. The normalized spacial score (nSPS) is 11.2. The second-order valence-electron chi connectivity index (χ2n) is 4.16. The lowest BCUT2D eigenvalue weighted by Gasteiger charge is -2.00. The molecule has 1 aromatic carbocycles. The van der Waals surface area contributed by atoms with Crippen molar-refractivity contribution in [3.8, 4) is 5.75 Å². The Labute approximate surface area is 116 Å². The van der Waals surface area contributed by atoms with Gasteiger partial charge in [0.2, 0.25) is 4.77 Å². The monoisotopic (exact) mass is 276 g/mol. The molecule has 0 bridgehead atoms. The fourth-order valence-electron chi connectivity index (χ4n) is 1.66. The summed E-state index contributed by atoms with van der Waals surface area (Å²) in [6.07, 6.45) is 4.52. The number of benzene rings is 1. The Morgan fingerprint density at radius 1 is 1.47 bits per heavy atom. The molecular weight excluding hydrogens is 260 g/mol. The maximum atomic E-state index is 9.67. The average molecular weight is 276 g/mol. The fourth-order valence-corrected chi connectivity index (χ4v) is 1.85. The van der Waals surface area contributed by atoms with Crippen molar-refractivity contribution in [2.75, 3.05) is 0 Å². The fraction of sp³-hybridized carbons (Fsp3) is 0.308. The smallest absolute Gasteiger partial charge is 0.216 e. The van der Waals surface area contributed by atoms with Crippen LogP contribution in [0.3, 0.4) is 0 Å². The quantitative estimate of drug-likeness (QED) is 0.652. The Kier molecular flexibility index (Phi) is 4.46. The Hall–Kier alpha value is -1.95. The first kappa shape index (κ1) is 13.5. The summed E-state index contributed by atoms with van der Waals surface area (Å²) in [4.78, 5) is 0. The predicted octanol–water partition coefficient (Wildman–Crippen LogP) is 2.87. The molecule has 0 amide bonds. The summed E-state index contributed by atoms with van der Waals surface area (Å²) in [5.74, 6) is 0.995. The zero-order valence-electron chi connectivity index (χ0n) is 10.7. The van der Waals surface area contributed by atoms with E-state index >= 15 is 0 Å². The lowest BCUT2D eigenvalue weighted by molar-refractivity contribution is 0.474. The molecule has 0 spiro atoms. The Morgan fingerprint density at radius 3 is 3.00 bits per heavy atom. The van der Waals surface area contributed by atoms with Gasteiger partial charge in [-0.05, 0) is 30.8 Å². The number of phenolic OH excluding ortho intramolecular Hbond substituents is 1. The molecular formula is C13H16N4OS. The second-order valence-corrected chi connectivity index (χ2v) is 4.55. The summed E-state index contributed by atoms with van der Waals surface area (Å²) in [5.41, 5.74) is 0.645. The van der Waals surface area contributed by atoms with E-state index in [4.69, 9.17) is 12.2 Å². The van der Waals surface area contributed by atoms with E-state index in [9.17, 15) is 5.11 Å². The SMILES string of the molecule is CCCCc1n[nH]c(=S)n1/N=C/c1ccccc1O. The zero-order valence-corrected chi connectivity index (χ0v) is 11.5. The number of aryl methyl sites for hydroxylation is 1. The standard InChI is InChI=1S/C13H16N4OS/c1-2-3-8-12-15-16-13(19)17(12)14-9-10-6-4-5-7-11(10)18/h4-7,9,18H,2-3,8H2,1H3,(H,16,19)/b14-9+. The van der Waals surface area contributed by atoms with Crippen molar-refractivity contribution in [1.29, 1.82) is 0 Å². The van der Waals surface area contributed by atoms with Gasteiger partial charge in [0.25, 0.3) is 0 Å². The van der Waals surface area contributed by atoms with E-state index in [1.54, 1.807) is 29.1 Å². The van der Waals surface area contributed by atoms with Crippen molar-refractivity contribution < 1.29 is 5.11 Å². The van der Waals surface area contributed by atoms with E-state index in [0.717, 1.165) is 25.1 Å². The van der Waals surface area contributed by atoms with E-state index in [1.165, 1.54) is 0 Å². The van der Waals surface area contributed by atoms with E-state index in [2.05, 4.69) is 22.2 Å². The number of rotatable bonds is 5. The first-order valence-corrected chi connectivity index (χ1v) is 6.62. The van der Waals surface area contributed by atoms with Crippen molar-refractivity contribution in [2.24, 2.45) is 5.10 Å². The topological polar surface area (TPSA) is 66.2 Å². The molecule has 0 aliphatic carbocycles. The molecule has 1 heterocycles. The molecule has 0 aliphatic rings. The van der Waals surface area contributed by atoms with Crippen LogP contribution in [0.1, 0.15) is 31.2 Å². The number of nitrogens with one attached hydrogen (secondary N) is 1. The molecule has 0 unspecified atom stereocenters. The molecule has 0 radical (unpaired) electrons. The van der Waals surface area contributed by atoms with Crippen LogP contribution in [0, 0.1) is 4.77 Å². The Balaban J connectivity index is 2.26. The van der Waals surface area contributed by atoms with Gasteiger partial charge in [-0.1, -0.05) is 25.5 Å². The number of hydrogen-bond donors (Lipinski definition) is 2. The number of phenols is 1. The zero-order chi connectivity index (χ0) is 13.7. The Morgan fingerprint density at radius 2 is 2.26 bits per heavy atom. The molecule has 2 aromatic rings. The molecule has 19 heavy (non-hydrogen) atoms. The minimum atomic E-state index is 0.191. The molecule has 0 aliphatic heterocycles. The third kappa shape index (κ3) is 3.29. The van der Waals surface area contributed by atoms with Crippen LogP contribution in [0.15, 0.2) is 29.4 Å². The maximum Gasteiger partial charge on any atom is 0.216 e. The number of para-hydroxylation sites is 1. The van der Waals surface area contributed by atoms with E-state index < -0.39 is 0 Å². The van der Waals surface area contributed by atoms with Gasteiger partial charge in [0, 0.05) is 12.0 Å². The Bertz CT molecular complexity index is 630. The van der Waals surface area contributed by atoms with Gasteiger partial charge in [0.1, 0.15) is 5.75 Å². The summed E-state index contributed by atoms with van der Waals surface area (Å²) in [7, 11) is 0. The summed E-state index contributed by atoms with van der Waals surface area (Å²) >= 11 is 5.14. The number of nitrogens with zero attached hydrogens (tertiary/aromatic N) is 3. The number of aromatic amines is 1. The first-order chi connectivity index (χ1) is 9.22. The van der Waals surface area contributed by atoms with Crippen LogP contribution >= 0.6 is 12.2 Å². The van der Waals surface area contributed by atoms with Crippen molar-refractivity contribution in [1.82, 2.24) is 14.9 Å². The van der Waals surface area contributed by atoms with E-state index in [-0.39, 0.29) is 5.75 Å². The van der Waals surface area contributed by atoms with Crippen molar-refractivity contribution in [3.63, 3.8) is 0 Å². The van der Waals surface area contributed by atoms with Crippen molar-refractivity contribution in [2.45, 2.75) is 26.2 Å². The molecule has 5 nitrogen and oxygen atoms in total. The summed E-state index contributed by atoms with van der Waals surface area (Å²) in [6, 6.07) is 7.01. The number of unbranched alkanes of at least 4 members (excludes halogenated alkanes) is 1. The number of aromatic nitrogens is 3. The summed E-state index contributed by atoms with van der Waals surface area (Å²) in [6.45, 7) is 2.12. The second kappa shape index (κ2) is 6.29. The lowest BCUT2D eigenvalue weighted by Crippen LogP contribution is -1.99. The van der Waals surface area contributed by atoms with Gasteiger partial charge in [0.15, 0.2) is 5.82 Å². The van der Waals surface area contributed by atoms with Crippen molar-refractivity contribution >= 4 is 18.4 Å². The average Bonchev–Trinajstić information content (AvgIpc) is 2.76. The highest BCUT2D eigenvalue weighted by atomic mass is 32.1. The molecule has 0 fully saturated rings. The molecule has 6 heteroatoms. The molecule has 1 aromatic heterocycles. The minimum Gasteiger partial charge on any atom is -0.507 e. The lowest BCUT2D eigenvalue weighted by atomic mass is 10.2. The van der Waals surface area contributed by atoms with E-state index in [0.29, 0.717) is 10.3 Å². The van der Waals surface area contributed by atoms with Crippen LogP contribution in [-0.2, 0) is 6.42 Å². The van der Waals surface area contributed by atoms with Gasteiger partial charge in [-0.3, -0.25) is 5.10 Å². The van der Waals surface area contributed by atoms with Gasteiger partial charge in [-0.25, -0.2) is 0 Å². The van der Waals surface area contributed by atoms with Crippen LogP contribution in [0.5, 0.6) is 5.75 Å². The number of aromatic hydroxyl groups is 1. The minimum absolute atomic E-state index is 0.191. The molecule has 0 atom stereocenters. The first-order valence-electron chi connectivity index (χ1n) is 6.21. The van der Waals surface area contributed by atoms with E-state index in [1.807, 2.05) is 6.07 Å². The highest BCUT2D eigenvalue weighted by Crippen LogP contribution is 2.13. The third-order valence-electron chi connectivity index (χ3n) is 2.72. The van der Waals surface area contributed by atoms with Crippen LogP contribution in [-0.4, -0.2) is 26.2 Å².